The van der Waals surface area contributed by atoms with Crippen molar-refractivity contribution in [1.29, 1.82) is 0 Å². The van der Waals surface area contributed by atoms with Gasteiger partial charge in [0.1, 0.15) is 6.10 Å². The number of ketones is 1. The summed E-state index contributed by atoms with van der Waals surface area (Å²) < 4.78 is 6.34. The van der Waals surface area contributed by atoms with Crippen LogP contribution in [-0.4, -0.2) is 36.3 Å². The van der Waals surface area contributed by atoms with Gasteiger partial charge in [-0.1, -0.05) is 35.3 Å². The van der Waals surface area contributed by atoms with E-state index in [2.05, 4.69) is 0 Å². The molecule has 1 aliphatic rings. The lowest BCUT2D eigenvalue weighted by Gasteiger charge is -2.33. The summed E-state index contributed by atoms with van der Waals surface area (Å²) in [6.07, 6.45) is 0.224. The van der Waals surface area contributed by atoms with Crippen LogP contribution in [0.1, 0.15) is 34.2 Å². The van der Waals surface area contributed by atoms with Crippen LogP contribution < -0.4 is 0 Å². The van der Waals surface area contributed by atoms with E-state index in [9.17, 15) is 9.59 Å². The van der Waals surface area contributed by atoms with E-state index in [-0.39, 0.29) is 30.6 Å². The predicted molar refractivity (Wildman–Crippen MR) is 99.6 cm³/mol. The van der Waals surface area contributed by atoms with Gasteiger partial charge in [0, 0.05) is 24.4 Å². The number of hydrogen-bond donors (Lipinski definition) is 0. The maximum atomic E-state index is 12.4. The van der Waals surface area contributed by atoms with E-state index in [1.165, 1.54) is 11.3 Å². The van der Waals surface area contributed by atoms with Crippen molar-refractivity contribution in [1.82, 2.24) is 4.90 Å². The summed E-state index contributed by atoms with van der Waals surface area (Å²) in [4.78, 5) is 26.9. The highest BCUT2D eigenvalue weighted by Gasteiger charge is 2.25. The zero-order valence-electron chi connectivity index (χ0n) is 13.4. The summed E-state index contributed by atoms with van der Waals surface area (Å²) in [7, 11) is 0. The Labute approximate surface area is 160 Å². The van der Waals surface area contributed by atoms with Gasteiger partial charge >= 0.3 is 0 Å². The van der Waals surface area contributed by atoms with Crippen molar-refractivity contribution >= 4 is 46.2 Å². The largest absolute Gasteiger partial charge is 0.370 e. The molecular weight excluding hydrogens is 381 g/mol. The summed E-state index contributed by atoms with van der Waals surface area (Å²) in [6, 6.07) is 10.8. The number of Topliss-reactive ketones (excluding diaryl/α,β-unsaturated/α-hetero) is 1. The van der Waals surface area contributed by atoms with Crippen LogP contribution in [0.15, 0.2) is 36.4 Å². The topological polar surface area (TPSA) is 46.6 Å². The zero-order valence-corrected chi connectivity index (χ0v) is 15.7. The fraction of sp³-hybridized carbons (Fsp3) is 0.333. The minimum atomic E-state index is -0.165. The van der Waals surface area contributed by atoms with Crippen molar-refractivity contribution in [3.63, 3.8) is 0 Å². The smallest absolute Gasteiger partial charge is 0.223 e. The van der Waals surface area contributed by atoms with Crippen molar-refractivity contribution in [2.45, 2.75) is 18.9 Å². The van der Waals surface area contributed by atoms with E-state index < -0.39 is 0 Å². The molecule has 0 aliphatic carbocycles. The predicted octanol–water partition coefficient (Wildman–Crippen LogP) is 4.62. The lowest BCUT2D eigenvalue weighted by Crippen LogP contribution is -2.42. The third-order valence-electron chi connectivity index (χ3n) is 4.07. The molecule has 1 aliphatic heterocycles. The SMILES string of the molecule is O=C(CCC(=O)N1CCOC(c2ccc(Cl)cc2)C1)c1ccc(Cl)s1. The Kier molecular flexibility index (Phi) is 6.12. The number of nitrogens with zero attached hydrogens (tertiary/aromatic N) is 1. The lowest BCUT2D eigenvalue weighted by atomic mass is 10.1. The number of halogens is 2. The quantitative estimate of drug-likeness (QED) is 0.691. The van der Waals surface area contributed by atoms with Crippen LogP contribution in [0.2, 0.25) is 9.36 Å². The Morgan fingerprint density at radius 1 is 1.12 bits per heavy atom. The van der Waals surface area contributed by atoms with E-state index >= 15 is 0 Å². The Morgan fingerprint density at radius 2 is 1.88 bits per heavy atom. The highest BCUT2D eigenvalue weighted by Crippen LogP contribution is 2.25. The van der Waals surface area contributed by atoms with Gasteiger partial charge in [-0.05, 0) is 29.8 Å². The molecule has 25 heavy (non-hydrogen) atoms. The lowest BCUT2D eigenvalue weighted by molar-refractivity contribution is -0.139. The molecule has 2 aromatic rings. The first-order valence-corrected chi connectivity index (χ1v) is 9.53. The van der Waals surface area contributed by atoms with Crippen LogP contribution >= 0.6 is 34.5 Å². The molecule has 0 radical (unpaired) electrons. The van der Waals surface area contributed by atoms with E-state index in [0.29, 0.717) is 33.9 Å². The first-order chi connectivity index (χ1) is 12.0. The minimum Gasteiger partial charge on any atom is -0.370 e. The summed E-state index contributed by atoms with van der Waals surface area (Å²) >= 11 is 13.0. The van der Waals surface area contributed by atoms with E-state index in [1.807, 2.05) is 24.3 Å². The van der Waals surface area contributed by atoms with Gasteiger partial charge < -0.3 is 9.64 Å². The van der Waals surface area contributed by atoms with Crippen molar-refractivity contribution in [2.24, 2.45) is 0 Å². The molecule has 1 unspecified atom stereocenters. The van der Waals surface area contributed by atoms with Gasteiger partial charge in [-0.3, -0.25) is 9.59 Å². The third kappa shape index (κ3) is 4.82. The van der Waals surface area contributed by atoms with Crippen LogP contribution in [0, 0.1) is 0 Å². The van der Waals surface area contributed by atoms with Gasteiger partial charge in [0.15, 0.2) is 5.78 Å². The van der Waals surface area contributed by atoms with Gasteiger partial charge in [0.05, 0.1) is 22.4 Å². The number of amides is 1. The van der Waals surface area contributed by atoms with Crippen LogP contribution in [0.3, 0.4) is 0 Å². The van der Waals surface area contributed by atoms with Crippen LogP contribution in [-0.2, 0) is 9.53 Å². The molecule has 1 amide bonds. The molecule has 0 saturated carbocycles. The van der Waals surface area contributed by atoms with E-state index in [0.717, 1.165) is 5.56 Å². The molecule has 1 aromatic heterocycles. The molecule has 1 fully saturated rings. The molecule has 3 rings (SSSR count). The molecule has 1 atom stereocenters. The van der Waals surface area contributed by atoms with Crippen molar-refractivity contribution in [2.75, 3.05) is 19.7 Å². The number of hydrogen-bond acceptors (Lipinski definition) is 4. The Morgan fingerprint density at radius 3 is 2.56 bits per heavy atom. The first-order valence-electron chi connectivity index (χ1n) is 7.96. The minimum absolute atomic E-state index is 0.0294. The molecule has 4 nitrogen and oxygen atoms in total. The molecule has 1 saturated heterocycles. The number of carbonyl (C=O) groups excluding carboxylic acids is 2. The molecule has 0 spiro atoms. The third-order valence-corrected chi connectivity index (χ3v) is 5.60. The van der Waals surface area contributed by atoms with Gasteiger partial charge in [-0.25, -0.2) is 0 Å². The Bertz CT molecular complexity index is 760. The van der Waals surface area contributed by atoms with Gasteiger partial charge in [0.2, 0.25) is 5.91 Å². The number of carbonyl (C=O) groups is 2. The van der Waals surface area contributed by atoms with Gasteiger partial charge in [-0.2, -0.15) is 0 Å². The Balaban J connectivity index is 1.54. The van der Waals surface area contributed by atoms with Crippen LogP contribution in [0.25, 0.3) is 0 Å². The average molecular weight is 398 g/mol. The number of rotatable bonds is 5. The highest BCUT2D eigenvalue weighted by atomic mass is 35.5. The van der Waals surface area contributed by atoms with E-state index in [4.69, 9.17) is 27.9 Å². The summed E-state index contributed by atoms with van der Waals surface area (Å²) in [5, 5.41) is 0.666. The summed E-state index contributed by atoms with van der Waals surface area (Å²) in [5.74, 6) is -0.0778. The second-order valence-corrected chi connectivity index (χ2v) is 7.93. The second-order valence-electron chi connectivity index (χ2n) is 5.78. The molecule has 2 heterocycles. The van der Waals surface area contributed by atoms with Gasteiger partial charge in [-0.15, -0.1) is 11.3 Å². The maximum Gasteiger partial charge on any atom is 0.223 e. The van der Waals surface area contributed by atoms with Gasteiger partial charge in [0.25, 0.3) is 0 Å². The molecular formula is C18H17Cl2NO3S. The number of benzene rings is 1. The molecule has 7 heteroatoms. The summed E-state index contributed by atoms with van der Waals surface area (Å²) in [5.41, 5.74) is 0.992. The average Bonchev–Trinajstić information content (AvgIpc) is 3.06. The number of thiophene rings is 1. The Hall–Kier alpha value is -1.40. The zero-order chi connectivity index (χ0) is 17.8. The van der Waals surface area contributed by atoms with Crippen LogP contribution in [0.4, 0.5) is 0 Å². The van der Waals surface area contributed by atoms with E-state index in [1.54, 1.807) is 17.0 Å². The molecule has 1 aromatic carbocycles. The normalized spacial score (nSPS) is 17.5. The molecule has 0 bridgehead atoms. The second kappa shape index (κ2) is 8.32. The maximum absolute atomic E-state index is 12.4. The number of ether oxygens (including phenoxy) is 1. The molecule has 0 N–H and O–H groups in total. The van der Waals surface area contributed by atoms with Crippen LogP contribution in [0.5, 0.6) is 0 Å². The highest BCUT2D eigenvalue weighted by molar-refractivity contribution is 7.18. The van der Waals surface area contributed by atoms with Crippen molar-refractivity contribution in [3.05, 3.63) is 56.2 Å². The monoisotopic (exact) mass is 397 g/mol. The fourth-order valence-electron chi connectivity index (χ4n) is 2.72. The standard InChI is InChI=1S/C18H17Cl2NO3S/c19-13-3-1-12(2-4-13)15-11-21(9-10-24-15)18(23)8-5-14(22)16-6-7-17(20)25-16/h1-4,6-7,15H,5,8-11H2. The summed E-state index contributed by atoms with van der Waals surface area (Å²) in [6.45, 7) is 1.51. The van der Waals surface area contributed by atoms with Crippen molar-refractivity contribution < 1.29 is 14.3 Å². The first kappa shape index (κ1) is 18.4. The molecule has 132 valence electrons. The fourth-order valence-corrected chi connectivity index (χ4v) is 3.86. The van der Waals surface area contributed by atoms with Crippen molar-refractivity contribution in [3.8, 4) is 0 Å². The number of morpholine rings is 1.